The number of nitrogens with zero attached hydrogens (tertiary/aromatic N) is 1. The van der Waals surface area contributed by atoms with Gasteiger partial charge in [0.15, 0.2) is 0 Å². The zero-order chi connectivity index (χ0) is 9.84. The third-order valence-electron chi connectivity index (χ3n) is 2.20. The van der Waals surface area contributed by atoms with Gasteiger partial charge in [0, 0.05) is 11.9 Å². The van der Waals surface area contributed by atoms with Crippen molar-refractivity contribution in [3.63, 3.8) is 0 Å². The van der Waals surface area contributed by atoms with E-state index in [0.717, 1.165) is 18.7 Å². The standard InChI is InChI=1S/C10H19N3/c1-4-5-8-6-12-10(13-8)9(11)7(2)3/h6-7,9H,4-5,11H2,1-3H3,(H,12,13). The fourth-order valence-electron chi connectivity index (χ4n) is 1.26. The van der Waals surface area contributed by atoms with E-state index in [1.165, 1.54) is 5.69 Å². The number of imidazole rings is 1. The lowest BCUT2D eigenvalue weighted by Gasteiger charge is -2.11. The van der Waals surface area contributed by atoms with E-state index in [4.69, 9.17) is 5.73 Å². The van der Waals surface area contributed by atoms with Crippen LogP contribution in [0.1, 0.15) is 44.8 Å². The van der Waals surface area contributed by atoms with Crippen LogP contribution in [0.25, 0.3) is 0 Å². The molecule has 1 aromatic rings. The van der Waals surface area contributed by atoms with Crippen LogP contribution in [0.5, 0.6) is 0 Å². The maximum atomic E-state index is 5.95. The van der Waals surface area contributed by atoms with Crippen LogP contribution in [-0.2, 0) is 6.42 Å². The molecule has 3 heteroatoms. The van der Waals surface area contributed by atoms with Gasteiger partial charge in [-0.25, -0.2) is 4.98 Å². The van der Waals surface area contributed by atoms with Gasteiger partial charge >= 0.3 is 0 Å². The minimum Gasteiger partial charge on any atom is -0.345 e. The van der Waals surface area contributed by atoms with Crippen LogP contribution < -0.4 is 5.73 Å². The van der Waals surface area contributed by atoms with Gasteiger partial charge in [-0.3, -0.25) is 0 Å². The van der Waals surface area contributed by atoms with E-state index in [9.17, 15) is 0 Å². The molecule has 0 aliphatic rings. The first-order chi connectivity index (χ1) is 6.15. The van der Waals surface area contributed by atoms with Gasteiger partial charge in [0.2, 0.25) is 0 Å². The number of hydrogen-bond acceptors (Lipinski definition) is 2. The second-order valence-corrected chi connectivity index (χ2v) is 3.81. The van der Waals surface area contributed by atoms with Crippen LogP contribution in [0.4, 0.5) is 0 Å². The summed E-state index contributed by atoms with van der Waals surface area (Å²) in [6.45, 7) is 6.36. The molecule has 1 atom stereocenters. The van der Waals surface area contributed by atoms with Gasteiger partial charge in [0.25, 0.3) is 0 Å². The van der Waals surface area contributed by atoms with Crippen molar-refractivity contribution in [1.29, 1.82) is 0 Å². The van der Waals surface area contributed by atoms with E-state index in [0.29, 0.717) is 5.92 Å². The van der Waals surface area contributed by atoms with Gasteiger partial charge in [0.05, 0.1) is 6.04 Å². The highest BCUT2D eigenvalue weighted by molar-refractivity contribution is 5.05. The van der Waals surface area contributed by atoms with Crippen LogP contribution in [-0.4, -0.2) is 9.97 Å². The Morgan fingerprint density at radius 2 is 2.23 bits per heavy atom. The minimum absolute atomic E-state index is 0.0330. The third-order valence-corrected chi connectivity index (χ3v) is 2.20. The largest absolute Gasteiger partial charge is 0.345 e. The Hall–Kier alpha value is -0.830. The average Bonchev–Trinajstić information content (AvgIpc) is 2.52. The van der Waals surface area contributed by atoms with Gasteiger partial charge in [0.1, 0.15) is 5.82 Å². The Kier molecular flexibility index (Phi) is 3.48. The summed E-state index contributed by atoms with van der Waals surface area (Å²) in [7, 11) is 0. The first-order valence-electron chi connectivity index (χ1n) is 4.94. The van der Waals surface area contributed by atoms with Gasteiger partial charge in [-0.15, -0.1) is 0 Å². The zero-order valence-electron chi connectivity index (χ0n) is 8.67. The fraction of sp³-hybridized carbons (Fsp3) is 0.700. The molecule has 74 valence electrons. The number of nitrogens with one attached hydrogen (secondary N) is 1. The molecule has 0 fully saturated rings. The van der Waals surface area contributed by atoms with E-state index >= 15 is 0 Å². The molecular weight excluding hydrogens is 162 g/mol. The first-order valence-corrected chi connectivity index (χ1v) is 4.94. The summed E-state index contributed by atoms with van der Waals surface area (Å²) >= 11 is 0. The van der Waals surface area contributed by atoms with Gasteiger partial charge in [-0.1, -0.05) is 27.2 Å². The number of nitrogens with two attached hydrogens (primary N) is 1. The van der Waals surface area contributed by atoms with Crippen molar-refractivity contribution in [2.24, 2.45) is 11.7 Å². The molecule has 0 amide bonds. The van der Waals surface area contributed by atoms with Crippen molar-refractivity contribution in [2.45, 2.75) is 39.7 Å². The van der Waals surface area contributed by atoms with Crippen molar-refractivity contribution in [3.8, 4) is 0 Å². The summed E-state index contributed by atoms with van der Waals surface area (Å²) in [6, 6.07) is 0.0330. The number of aromatic nitrogens is 2. The first kappa shape index (κ1) is 10.3. The van der Waals surface area contributed by atoms with Crippen LogP contribution in [0.2, 0.25) is 0 Å². The normalized spacial score (nSPS) is 13.6. The molecule has 1 unspecified atom stereocenters. The molecule has 1 rings (SSSR count). The van der Waals surface area contributed by atoms with Gasteiger partial charge in [-0.2, -0.15) is 0 Å². The predicted molar refractivity (Wildman–Crippen MR) is 54.3 cm³/mol. The zero-order valence-corrected chi connectivity index (χ0v) is 8.67. The lowest BCUT2D eigenvalue weighted by atomic mass is 10.1. The molecule has 0 radical (unpaired) electrons. The topological polar surface area (TPSA) is 54.7 Å². The molecular formula is C10H19N3. The lowest BCUT2D eigenvalue weighted by molar-refractivity contribution is 0.493. The highest BCUT2D eigenvalue weighted by Gasteiger charge is 2.13. The monoisotopic (exact) mass is 181 g/mol. The number of rotatable bonds is 4. The molecule has 3 nitrogen and oxygen atoms in total. The molecule has 0 aliphatic heterocycles. The van der Waals surface area contributed by atoms with Gasteiger partial charge < -0.3 is 10.7 Å². The SMILES string of the molecule is CCCc1cnc(C(N)C(C)C)[nH]1. The van der Waals surface area contributed by atoms with Crippen LogP contribution in [0, 0.1) is 5.92 Å². The molecule has 0 bridgehead atoms. The summed E-state index contributed by atoms with van der Waals surface area (Å²) in [5, 5.41) is 0. The third kappa shape index (κ3) is 2.56. The van der Waals surface area contributed by atoms with Crippen LogP contribution in [0.3, 0.4) is 0 Å². The summed E-state index contributed by atoms with van der Waals surface area (Å²) < 4.78 is 0. The number of H-pyrrole nitrogens is 1. The van der Waals surface area contributed by atoms with Crippen LogP contribution >= 0.6 is 0 Å². The Morgan fingerprint density at radius 1 is 1.54 bits per heavy atom. The Bertz CT molecular complexity index is 252. The predicted octanol–water partition coefficient (Wildman–Crippen LogP) is 2.02. The Balaban J connectivity index is 2.67. The maximum absolute atomic E-state index is 5.95. The maximum Gasteiger partial charge on any atom is 0.123 e. The smallest absolute Gasteiger partial charge is 0.123 e. The molecule has 0 aliphatic carbocycles. The quantitative estimate of drug-likeness (QED) is 0.746. The van der Waals surface area contributed by atoms with Crippen molar-refractivity contribution >= 4 is 0 Å². The molecule has 0 aromatic carbocycles. The van der Waals surface area contributed by atoms with Crippen molar-refractivity contribution in [2.75, 3.05) is 0 Å². The molecule has 13 heavy (non-hydrogen) atoms. The molecule has 0 spiro atoms. The second-order valence-electron chi connectivity index (χ2n) is 3.81. The summed E-state index contributed by atoms with van der Waals surface area (Å²) in [4.78, 5) is 7.53. The molecule has 1 heterocycles. The van der Waals surface area contributed by atoms with Crippen molar-refractivity contribution in [1.82, 2.24) is 9.97 Å². The summed E-state index contributed by atoms with van der Waals surface area (Å²) in [5.41, 5.74) is 7.14. The van der Waals surface area contributed by atoms with E-state index < -0.39 is 0 Å². The van der Waals surface area contributed by atoms with Crippen molar-refractivity contribution in [3.05, 3.63) is 17.7 Å². The van der Waals surface area contributed by atoms with Crippen molar-refractivity contribution < 1.29 is 0 Å². The highest BCUT2D eigenvalue weighted by atomic mass is 15.0. The van der Waals surface area contributed by atoms with E-state index in [1.54, 1.807) is 0 Å². The minimum atomic E-state index is 0.0330. The van der Waals surface area contributed by atoms with E-state index in [1.807, 2.05) is 6.20 Å². The molecule has 0 saturated heterocycles. The molecule has 3 N–H and O–H groups in total. The highest BCUT2D eigenvalue weighted by Crippen LogP contribution is 2.15. The molecule has 1 aromatic heterocycles. The van der Waals surface area contributed by atoms with Crippen LogP contribution in [0.15, 0.2) is 6.20 Å². The Morgan fingerprint density at radius 3 is 2.77 bits per heavy atom. The van der Waals surface area contributed by atoms with E-state index in [-0.39, 0.29) is 6.04 Å². The number of aryl methyl sites for hydroxylation is 1. The van der Waals surface area contributed by atoms with E-state index in [2.05, 4.69) is 30.7 Å². The fourth-order valence-corrected chi connectivity index (χ4v) is 1.26. The molecule has 0 saturated carbocycles. The summed E-state index contributed by atoms with van der Waals surface area (Å²) in [5.74, 6) is 1.35. The Labute approximate surface area is 79.8 Å². The number of aromatic amines is 1. The summed E-state index contributed by atoms with van der Waals surface area (Å²) in [6.07, 6.45) is 4.08. The lowest BCUT2D eigenvalue weighted by Crippen LogP contribution is -2.18. The number of hydrogen-bond donors (Lipinski definition) is 2. The second kappa shape index (κ2) is 4.42. The van der Waals surface area contributed by atoms with Gasteiger partial charge in [-0.05, 0) is 12.3 Å². The average molecular weight is 181 g/mol.